The van der Waals surface area contributed by atoms with Crippen molar-refractivity contribution in [3.63, 3.8) is 0 Å². The van der Waals surface area contributed by atoms with Gasteiger partial charge in [0.05, 0.1) is 0 Å². The molecule has 0 aromatic heterocycles. The molecule has 0 heterocycles. The minimum Gasteiger partial charge on any atom is -0.484 e. The molecule has 120 valence electrons. The number of nitrogens with one attached hydrogen (secondary N) is 1. The van der Waals surface area contributed by atoms with Gasteiger partial charge in [0.1, 0.15) is 11.5 Å². The Morgan fingerprint density at radius 1 is 0.913 bits per heavy atom. The highest BCUT2D eigenvalue weighted by molar-refractivity contribution is 9.10. The molecule has 0 saturated carbocycles. The van der Waals surface area contributed by atoms with E-state index in [0.29, 0.717) is 17.2 Å². The van der Waals surface area contributed by atoms with Crippen LogP contribution in [0.1, 0.15) is 0 Å². The van der Waals surface area contributed by atoms with E-state index in [1.165, 1.54) is 0 Å². The molecule has 0 spiro atoms. The van der Waals surface area contributed by atoms with Gasteiger partial charge in [-0.2, -0.15) is 0 Å². The fourth-order valence-electron chi connectivity index (χ4n) is 1.66. The maximum absolute atomic E-state index is 11.8. The first-order chi connectivity index (χ1) is 11.0. The van der Waals surface area contributed by atoms with Gasteiger partial charge in [0.15, 0.2) is 13.2 Å². The van der Waals surface area contributed by atoms with Crippen LogP contribution < -0.4 is 14.8 Å². The summed E-state index contributed by atoms with van der Waals surface area (Å²) in [4.78, 5) is 22.2. The minimum absolute atomic E-state index is 0.112. The molecular formula is C16H14BrNO5. The van der Waals surface area contributed by atoms with E-state index in [1.807, 2.05) is 12.1 Å². The van der Waals surface area contributed by atoms with E-state index in [2.05, 4.69) is 21.2 Å². The first-order valence-corrected chi connectivity index (χ1v) is 7.45. The lowest BCUT2D eigenvalue weighted by Crippen LogP contribution is -2.20. The largest absolute Gasteiger partial charge is 0.484 e. The molecule has 0 fully saturated rings. The van der Waals surface area contributed by atoms with Crippen LogP contribution >= 0.6 is 15.9 Å². The number of rotatable bonds is 7. The highest BCUT2D eigenvalue weighted by Crippen LogP contribution is 2.17. The van der Waals surface area contributed by atoms with Gasteiger partial charge in [0.2, 0.25) is 0 Å². The fourth-order valence-corrected chi connectivity index (χ4v) is 1.92. The zero-order valence-corrected chi connectivity index (χ0v) is 13.6. The molecule has 2 rings (SSSR count). The van der Waals surface area contributed by atoms with Crippen molar-refractivity contribution in [1.29, 1.82) is 0 Å². The molecule has 6 nitrogen and oxygen atoms in total. The highest BCUT2D eigenvalue weighted by Gasteiger charge is 2.05. The van der Waals surface area contributed by atoms with E-state index in [4.69, 9.17) is 14.6 Å². The van der Waals surface area contributed by atoms with Gasteiger partial charge in [-0.15, -0.1) is 0 Å². The van der Waals surface area contributed by atoms with E-state index >= 15 is 0 Å². The van der Waals surface area contributed by atoms with Crippen LogP contribution in [0.3, 0.4) is 0 Å². The molecule has 2 aromatic carbocycles. The van der Waals surface area contributed by atoms with E-state index in [-0.39, 0.29) is 12.5 Å². The van der Waals surface area contributed by atoms with Crippen molar-refractivity contribution < 1.29 is 24.2 Å². The lowest BCUT2D eigenvalue weighted by Gasteiger charge is -2.08. The van der Waals surface area contributed by atoms with Gasteiger partial charge < -0.3 is 19.9 Å². The average Bonchev–Trinajstić information content (AvgIpc) is 2.53. The van der Waals surface area contributed by atoms with Crippen molar-refractivity contribution >= 4 is 33.5 Å². The van der Waals surface area contributed by atoms with Crippen molar-refractivity contribution in [3.8, 4) is 11.5 Å². The van der Waals surface area contributed by atoms with Crippen LogP contribution in [-0.2, 0) is 9.59 Å². The standard InChI is InChI=1S/C16H14BrNO5/c17-11-1-5-13(6-2-11)22-9-15(19)18-12-3-7-14(8-4-12)23-10-16(20)21/h1-8H,9-10H2,(H,18,19)(H,20,21). The van der Waals surface area contributed by atoms with Gasteiger partial charge in [-0.05, 0) is 48.5 Å². The fraction of sp³-hybridized carbons (Fsp3) is 0.125. The third-order valence-corrected chi connectivity index (χ3v) is 3.21. The van der Waals surface area contributed by atoms with Crippen LogP contribution in [0.5, 0.6) is 11.5 Å². The smallest absolute Gasteiger partial charge is 0.341 e. The van der Waals surface area contributed by atoms with Crippen molar-refractivity contribution in [2.24, 2.45) is 0 Å². The Labute approximate surface area is 141 Å². The Balaban J connectivity index is 1.80. The molecule has 23 heavy (non-hydrogen) atoms. The van der Waals surface area contributed by atoms with Crippen molar-refractivity contribution in [1.82, 2.24) is 0 Å². The predicted octanol–water partition coefficient (Wildman–Crippen LogP) is 2.93. The second-order valence-corrected chi connectivity index (χ2v) is 5.41. The molecule has 0 aliphatic rings. The number of carboxylic acids is 1. The maximum atomic E-state index is 11.8. The molecule has 0 atom stereocenters. The third-order valence-electron chi connectivity index (χ3n) is 2.68. The predicted molar refractivity (Wildman–Crippen MR) is 87.8 cm³/mol. The topological polar surface area (TPSA) is 84.9 Å². The van der Waals surface area contributed by atoms with Crippen LogP contribution in [0.2, 0.25) is 0 Å². The van der Waals surface area contributed by atoms with Crippen LogP contribution in [-0.4, -0.2) is 30.2 Å². The lowest BCUT2D eigenvalue weighted by atomic mass is 10.3. The number of anilines is 1. The molecule has 0 unspecified atom stereocenters. The lowest BCUT2D eigenvalue weighted by molar-refractivity contribution is -0.139. The first kappa shape index (κ1) is 16.8. The summed E-state index contributed by atoms with van der Waals surface area (Å²) in [7, 11) is 0. The number of hydrogen-bond acceptors (Lipinski definition) is 4. The Morgan fingerprint density at radius 2 is 1.43 bits per heavy atom. The SMILES string of the molecule is O=C(O)COc1ccc(NC(=O)COc2ccc(Br)cc2)cc1. The minimum atomic E-state index is -1.05. The number of aliphatic carboxylic acids is 1. The number of carbonyl (C=O) groups is 2. The molecule has 0 aliphatic carbocycles. The number of carboxylic acid groups (broad SMARTS) is 1. The van der Waals surface area contributed by atoms with Crippen molar-refractivity contribution in [2.75, 3.05) is 18.5 Å². The van der Waals surface area contributed by atoms with E-state index in [1.54, 1.807) is 36.4 Å². The second-order valence-electron chi connectivity index (χ2n) is 4.50. The van der Waals surface area contributed by atoms with E-state index in [9.17, 15) is 9.59 Å². The summed E-state index contributed by atoms with van der Waals surface area (Å²) in [5.74, 6) is -0.336. The summed E-state index contributed by atoms with van der Waals surface area (Å²) in [6.45, 7) is -0.522. The van der Waals surface area contributed by atoms with Gasteiger partial charge >= 0.3 is 5.97 Å². The molecule has 0 radical (unpaired) electrons. The number of hydrogen-bond donors (Lipinski definition) is 2. The maximum Gasteiger partial charge on any atom is 0.341 e. The number of halogens is 1. The first-order valence-electron chi connectivity index (χ1n) is 6.66. The normalized spacial score (nSPS) is 9.96. The summed E-state index contributed by atoms with van der Waals surface area (Å²) >= 11 is 3.32. The monoisotopic (exact) mass is 379 g/mol. The third kappa shape index (κ3) is 5.99. The van der Waals surface area contributed by atoms with E-state index in [0.717, 1.165) is 4.47 Å². The zero-order valence-electron chi connectivity index (χ0n) is 12.0. The van der Waals surface area contributed by atoms with Crippen LogP contribution in [0.4, 0.5) is 5.69 Å². The summed E-state index contributed by atoms with van der Waals surface area (Å²) in [5, 5.41) is 11.2. The second kappa shape index (κ2) is 8.19. The van der Waals surface area contributed by atoms with Crippen LogP contribution in [0, 0.1) is 0 Å². The van der Waals surface area contributed by atoms with Crippen LogP contribution in [0.25, 0.3) is 0 Å². The van der Waals surface area contributed by atoms with Gasteiger partial charge in [-0.3, -0.25) is 4.79 Å². The molecule has 0 aliphatic heterocycles. The summed E-state index contributed by atoms with van der Waals surface area (Å²) in [6.07, 6.45) is 0. The molecule has 2 N–H and O–H groups in total. The van der Waals surface area contributed by atoms with Gasteiger partial charge in [0, 0.05) is 10.2 Å². The van der Waals surface area contributed by atoms with Gasteiger partial charge in [-0.1, -0.05) is 15.9 Å². The number of amides is 1. The van der Waals surface area contributed by atoms with Gasteiger partial charge in [0.25, 0.3) is 5.91 Å². The summed E-state index contributed by atoms with van der Waals surface area (Å²) in [5.41, 5.74) is 0.567. The summed E-state index contributed by atoms with van der Waals surface area (Å²) in [6, 6.07) is 13.6. The van der Waals surface area contributed by atoms with Crippen molar-refractivity contribution in [3.05, 3.63) is 53.0 Å². The summed E-state index contributed by atoms with van der Waals surface area (Å²) < 4.78 is 11.3. The molecule has 0 bridgehead atoms. The molecule has 1 amide bonds. The average molecular weight is 380 g/mol. The molecule has 7 heteroatoms. The zero-order chi connectivity index (χ0) is 16.7. The Morgan fingerprint density at radius 3 is 2.00 bits per heavy atom. The Bertz CT molecular complexity index is 670. The number of ether oxygens (including phenoxy) is 2. The Hall–Kier alpha value is -2.54. The number of benzene rings is 2. The van der Waals surface area contributed by atoms with Crippen LogP contribution in [0.15, 0.2) is 53.0 Å². The molecular weight excluding hydrogens is 366 g/mol. The van der Waals surface area contributed by atoms with E-state index < -0.39 is 12.6 Å². The molecule has 0 saturated heterocycles. The van der Waals surface area contributed by atoms with Gasteiger partial charge in [-0.25, -0.2) is 4.79 Å². The Kier molecular flexibility index (Phi) is 5.99. The number of carbonyl (C=O) groups excluding carboxylic acids is 1. The highest BCUT2D eigenvalue weighted by atomic mass is 79.9. The molecule has 2 aromatic rings. The quantitative estimate of drug-likeness (QED) is 0.772. The van der Waals surface area contributed by atoms with Crippen molar-refractivity contribution in [2.45, 2.75) is 0 Å².